The zero-order chi connectivity index (χ0) is 15.4. The van der Waals surface area contributed by atoms with E-state index in [0.29, 0.717) is 16.9 Å². The van der Waals surface area contributed by atoms with Crippen LogP contribution in [-0.2, 0) is 4.74 Å². The van der Waals surface area contributed by atoms with Crippen molar-refractivity contribution >= 4 is 0 Å². The Morgan fingerprint density at radius 1 is 1.10 bits per heavy atom. The number of hydrogen-bond donors (Lipinski definition) is 1. The summed E-state index contributed by atoms with van der Waals surface area (Å²) in [5.41, 5.74) is 0.941. The van der Waals surface area contributed by atoms with Gasteiger partial charge in [-0.1, -0.05) is 41.5 Å². The number of hydrogen-bond acceptors (Lipinski definition) is 2. The zero-order valence-corrected chi connectivity index (χ0v) is 14.9. The van der Waals surface area contributed by atoms with E-state index < -0.39 is 0 Å². The molecule has 120 valence electrons. The predicted octanol–water partition coefficient (Wildman–Crippen LogP) is 4.78. The van der Waals surface area contributed by atoms with Gasteiger partial charge < -0.3 is 10.1 Å². The first-order chi connectivity index (χ1) is 9.14. The lowest BCUT2D eigenvalue weighted by Gasteiger charge is -2.47. The van der Waals surface area contributed by atoms with E-state index in [1.807, 2.05) is 7.11 Å². The highest BCUT2D eigenvalue weighted by molar-refractivity contribution is 4.99. The summed E-state index contributed by atoms with van der Waals surface area (Å²) in [6.45, 7) is 15.0. The van der Waals surface area contributed by atoms with Gasteiger partial charge in [0, 0.05) is 13.2 Å². The van der Waals surface area contributed by atoms with Crippen molar-refractivity contribution in [2.45, 2.75) is 91.7 Å². The Bertz CT molecular complexity index is 280. The number of nitrogens with one attached hydrogen (secondary N) is 1. The van der Waals surface area contributed by atoms with E-state index in [1.165, 1.54) is 38.5 Å². The summed E-state index contributed by atoms with van der Waals surface area (Å²) in [5.74, 6) is 0. The van der Waals surface area contributed by atoms with Crippen LogP contribution in [0, 0.1) is 10.8 Å². The van der Waals surface area contributed by atoms with Gasteiger partial charge in [0.25, 0.3) is 0 Å². The van der Waals surface area contributed by atoms with Gasteiger partial charge in [0.1, 0.15) is 0 Å². The second kappa shape index (κ2) is 6.79. The van der Waals surface area contributed by atoms with E-state index in [4.69, 9.17) is 4.74 Å². The molecule has 0 amide bonds. The minimum atomic E-state index is 0.0524. The standard InChI is InChI=1S/C18H37NO/c1-8-19-15(9-10-16(2,3)4)18(20-7)13-11-17(5,6)12-14-18/h15,19H,8-14H2,1-7H3. The molecule has 1 fully saturated rings. The molecule has 0 aromatic heterocycles. The molecule has 0 aromatic carbocycles. The van der Waals surface area contributed by atoms with Gasteiger partial charge >= 0.3 is 0 Å². The van der Waals surface area contributed by atoms with Gasteiger partial charge in [-0.25, -0.2) is 0 Å². The summed E-state index contributed by atoms with van der Waals surface area (Å²) >= 11 is 0. The van der Waals surface area contributed by atoms with Crippen molar-refractivity contribution < 1.29 is 4.74 Å². The molecule has 20 heavy (non-hydrogen) atoms. The number of rotatable bonds is 6. The Kier molecular flexibility index (Phi) is 6.10. The highest BCUT2D eigenvalue weighted by Crippen LogP contribution is 2.44. The average molecular weight is 284 g/mol. The summed E-state index contributed by atoms with van der Waals surface area (Å²) in [7, 11) is 1.92. The van der Waals surface area contributed by atoms with Crippen molar-refractivity contribution in [2.24, 2.45) is 10.8 Å². The summed E-state index contributed by atoms with van der Waals surface area (Å²) in [6.07, 6.45) is 7.40. The molecule has 1 saturated carbocycles. The molecule has 1 atom stereocenters. The van der Waals surface area contributed by atoms with Crippen molar-refractivity contribution in [1.82, 2.24) is 5.32 Å². The second-order valence-corrected chi connectivity index (χ2v) is 8.64. The van der Waals surface area contributed by atoms with Crippen LogP contribution in [0.25, 0.3) is 0 Å². The monoisotopic (exact) mass is 283 g/mol. The maximum Gasteiger partial charge on any atom is 0.0831 e. The van der Waals surface area contributed by atoms with Crippen LogP contribution >= 0.6 is 0 Å². The summed E-state index contributed by atoms with van der Waals surface area (Å²) in [6, 6.07) is 0.493. The van der Waals surface area contributed by atoms with E-state index in [1.54, 1.807) is 0 Å². The summed E-state index contributed by atoms with van der Waals surface area (Å²) in [5, 5.41) is 3.72. The quantitative estimate of drug-likeness (QED) is 0.757. The zero-order valence-electron chi connectivity index (χ0n) is 14.9. The molecule has 0 bridgehead atoms. The molecule has 1 N–H and O–H groups in total. The third kappa shape index (κ3) is 5.04. The maximum absolute atomic E-state index is 6.09. The molecule has 1 rings (SSSR count). The van der Waals surface area contributed by atoms with Gasteiger partial charge in [-0.15, -0.1) is 0 Å². The lowest BCUT2D eigenvalue weighted by molar-refractivity contribution is -0.0890. The van der Waals surface area contributed by atoms with Gasteiger partial charge in [0.05, 0.1) is 5.60 Å². The Balaban J connectivity index is 2.76. The lowest BCUT2D eigenvalue weighted by atomic mass is 9.67. The topological polar surface area (TPSA) is 21.3 Å². The van der Waals surface area contributed by atoms with Crippen molar-refractivity contribution in [3.05, 3.63) is 0 Å². The average Bonchev–Trinajstić information content (AvgIpc) is 2.34. The molecule has 0 aliphatic heterocycles. The normalized spacial score (nSPS) is 23.6. The second-order valence-electron chi connectivity index (χ2n) is 8.64. The van der Waals surface area contributed by atoms with Gasteiger partial charge in [0.2, 0.25) is 0 Å². The minimum absolute atomic E-state index is 0.0524. The fourth-order valence-electron chi connectivity index (χ4n) is 3.42. The van der Waals surface area contributed by atoms with Gasteiger partial charge in [0.15, 0.2) is 0 Å². The Labute approximate surface area is 127 Å². The molecule has 0 aromatic rings. The van der Waals surface area contributed by atoms with Crippen molar-refractivity contribution in [2.75, 3.05) is 13.7 Å². The molecule has 0 spiro atoms. The highest BCUT2D eigenvalue weighted by atomic mass is 16.5. The molecule has 0 radical (unpaired) electrons. The number of methoxy groups -OCH3 is 1. The highest BCUT2D eigenvalue weighted by Gasteiger charge is 2.43. The van der Waals surface area contributed by atoms with Crippen LogP contribution in [0.3, 0.4) is 0 Å². The van der Waals surface area contributed by atoms with E-state index >= 15 is 0 Å². The van der Waals surface area contributed by atoms with E-state index in [2.05, 4.69) is 46.9 Å². The third-order valence-electron chi connectivity index (χ3n) is 5.13. The van der Waals surface area contributed by atoms with Crippen molar-refractivity contribution in [1.29, 1.82) is 0 Å². The predicted molar refractivity (Wildman–Crippen MR) is 88.1 cm³/mol. The van der Waals surface area contributed by atoms with Gasteiger partial charge in [-0.3, -0.25) is 0 Å². The van der Waals surface area contributed by atoms with E-state index in [-0.39, 0.29) is 5.60 Å². The number of ether oxygens (including phenoxy) is 1. The van der Waals surface area contributed by atoms with E-state index in [0.717, 1.165) is 6.54 Å². The van der Waals surface area contributed by atoms with Crippen LogP contribution < -0.4 is 5.32 Å². The minimum Gasteiger partial charge on any atom is -0.377 e. The Morgan fingerprint density at radius 2 is 1.65 bits per heavy atom. The van der Waals surface area contributed by atoms with Crippen LogP contribution in [-0.4, -0.2) is 25.3 Å². The molecule has 1 unspecified atom stereocenters. The maximum atomic E-state index is 6.09. The van der Waals surface area contributed by atoms with Crippen LogP contribution in [0.4, 0.5) is 0 Å². The van der Waals surface area contributed by atoms with Crippen LogP contribution in [0.5, 0.6) is 0 Å². The Morgan fingerprint density at radius 3 is 2.05 bits per heavy atom. The largest absolute Gasteiger partial charge is 0.377 e. The van der Waals surface area contributed by atoms with Crippen molar-refractivity contribution in [3.8, 4) is 0 Å². The van der Waals surface area contributed by atoms with Crippen molar-refractivity contribution in [3.63, 3.8) is 0 Å². The summed E-state index contributed by atoms with van der Waals surface area (Å²) < 4.78 is 6.09. The van der Waals surface area contributed by atoms with Crippen LogP contribution in [0.15, 0.2) is 0 Å². The molecule has 0 saturated heterocycles. The molecule has 1 aliphatic rings. The summed E-state index contributed by atoms with van der Waals surface area (Å²) in [4.78, 5) is 0. The fraction of sp³-hybridized carbons (Fsp3) is 1.00. The first kappa shape index (κ1) is 18.0. The number of likely N-dealkylation sites (N-methyl/N-ethyl adjacent to an activating group) is 1. The molecule has 2 nitrogen and oxygen atoms in total. The van der Waals surface area contributed by atoms with E-state index in [9.17, 15) is 0 Å². The molecule has 0 heterocycles. The van der Waals surface area contributed by atoms with Crippen LogP contribution in [0.2, 0.25) is 0 Å². The fourth-order valence-corrected chi connectivity index (χ4v) is 3.42. The molecule has 2 heteroatoms. The van der Waals surface area contributed by atoms with Crippen LogP contribution in [0.1, 0.15) is 80.1 Å². The SMILES string of the molecule is CCNC(CCC(C)(C)C)C1(OC)CCC(C)(C)CC1. The van der Waals surface area contributed by atoms with Gasteiger partial charge in [-0.2, -0.15) is 0 Å². The molecular formula is C18H37NO. The first-order valence-electron chi connectivity index (χ1n) is 8.43. The smallest absolute Gasteiger partial charge is 0.0831 e. The first-order valence-corrected chi connectivity index (χ1v) is 8.43. The third-order valence-corrected chi connectivity index (χ3v) is 5.13. The Hall–Kier alpha value is -0.0800. The molecule has 1 aliphatic carbocycles. The van der Waals surface area contributed by atoms with Gasteiger partial charge in [-0.05, 0) is 55.9 Å². The lowest BCUT2D eigenvalue weighted by Crippen LogP contribution is -2.55. The molecular weight excluding hydrogens is 246 g/mol.